The van der Waals surface area contributed by atoms with E-state index in [0.29, 0.717) is 18.2 Å². The molecule has 1 aromatic carbocycles. The van der Waals surface area contributed by atoms with Gasteiger partial charge in [-0.25, -0.2) is 14.8 Å². The lowest BCUT2D eigenvalue weighted by Gasteiger charge is -2.26. The van der Waals surface area contributed by atoms with Crippen LogP contribution in [-0.4, -0.2) is 27.5 Å². The quantitative estimate of drug-likeness (QED) is 0.648. The summed E-state index contributed by atoms with van der Waals surface area (Å²) in [6, 6.07) is 9.66. The second kappa shape index (κ2) is 6.37. The summed E-state index contributed by atoms with van der Waals surface area (Å²) in [5, 5.41) is 1.30. The van der Waals surface area contributed by atoms with Gasteiger partial charge in [-0.1, -0.05) is 41.9 Å². The highest BCUT2D eigenvalue weighted by Gasteiger charge is 2.26. The van der Waals surface area contributed by atoms with Crippen LogP contribution in [0.3, 0.4) is 0 Å². The van der Waals surface area contributed by atoms with Crippen molar-refractivity contribution >= 4 is 39.2 Å². The van der Waals surface area contributed by atoms with Crippen LogP contribution in [0.2, 0.25) is 5.15 Å². The van der Waals surface area contributed by atoms with Gasteiger partial charge in [0.2, 0.25) is 0 Å². The minimum Gasteiger partial charge on any atom is -0.445 e. The summed E-state index contributed by atoms with van der Waals surface area (Å²) in [5.74, 6) is 0. The van der Waals surface area contributed by atoms with E-state index in [1.54, 1.807) is 16.2 Å². The second-order valence-electron chi connectivity index (χ2n) is 5.56. The summed E-state index contributed by atoms with van der Waals surface area (Å²) < 4.78 is 5.43. The van der Waals surface area contributed by atoms with Gasteiger partial charge in [-0.3, -0.25) is 0 Å². The van der Waals surface area contributed by atoms with Gasteiger partial charge in [0.25, 0.3) is 0 Å². The standard InChI is InChI=1S/C17H14ClN3O2S/c18-15-14-12-8-21(7-6-13(12)24-16(14)20-10-19-15)17(22)23-9-11-4-2-1-3-5-11/h1-5,10H,6-9H2. The topological polar surface area (TPSA) is 55.3 Å². The number of amides is 1. The fourth-order valence-corrected chi connectivity index (χ4v) is 4.28. The van der Waals surface area contributed by atoms with Gasteiger partial charge in [-0.2, -0.15) is 0 Å². The molecule has 0 bridgehead atoms. The number of fused-ring (bicyclic) bond motifs is 3. The summed E-state index contributed by atoms with van der Waals surface area (Å²) in [6.07, 6.45) is 1.95. The van der Waals surface area contributed by atoms with Gasteiger partial charge in [-0.15, -0.1) is 11.3 Å². The molecule has 3 heterocycles. The maximum absolute atomic E-state index is 12.4. The van der Waals surface area contributed by atoms with Gasteiger partial charge >= 0.3 is 6.09 Å². The lowest BCUT2D eigenvalue weighted by atomic mass is 10.1. The van der Waals surface area contributed by atoms with Crippen molar-refractivity contribution in [3.63, 3.8) is 0 Å². The van der Waals surface area contributed by atoms with Crippen LogP contribution in [0.25, 0.3) is 10.2 Å². The number of hydrogen-bond donors (Lipinski definition) is 0. The number of hydrogen-bond acceptors (Lipinski definition) is 5. The van der Waals surface area contributed by atoms with E-state index in [4.69, 9.17) is 16.3 Å². The van der Waals surface area contributed by atoms with Crippen LogP contribution in [0.1, 0.15) is 16.0 Å². The zero-order chi connectivity index (χ0) is 16.5. The van der Waals surface area contributed by atoms with Crippen molar-refractivity contribution in [3.8, 4) is 0 Å². The summed E-state index contributed by atoms with van der Waals surface area (Å²) in [5.41, 5.74) is 2.02. The Morgan fingerprint density at radius 3 is 2.96 bits per heavy atom. The molecule has 0 saturated heterocycles. The van der Waals surface area contributed by atoms with Crippen molar-refractivity contribution in [2.75, 3.05) is 6.54 Å². The Hall–Kier alpha value is -2.18. The molecule has 4 rings (SSSR count). The Morgan fingerprint density at radius 1 is 1.29 bits per heavy atom. The number of carbonyl (C=O) groups is 1. The number of rotatable bonds is 2. The summed E-state index contributed by atoms with van der Waals surface area (Å²) >= 11 is 7.85. The summed E-state index contributed by atoms with van der Waals surface area (Å²) in [6.45, 7) is 1.39. The lowest BCUT2D eigenvalue weighted by Crippen LogP contribution is -2.35. The summed E-state index contributed by atoms with van der Waals surface area (Å²) in [7, 11) is 0. The van der Waals surface area contributed by atoms with Crippen LogP contribution in [0, 0.1) is 0 Å². The first kappa shape index (κ1) is 15.4. The number of aromatic nitrogens is 2. The van der Waals surface area contributed by atoms with Gasteiger partial charge in [0.15, 0.2) is 0 Å². The van der Waals surface area contributed by atoms with E-state index in [0.717, 1.165) is 27.8 Å². The van der Waals surface area contributed by atoms with E-state index in [1.807, 2.05) is 30.3 Å². The fourth-order valence-electron chi connectivity index (χ4n) is 2.84. The molecule has 1 amide bonds. The third-order valence-electron chi connectivity index (χ3n) is 4.05. The Morgan fingerprint density at radius 2 is 2.12 bits per heavy atom. The maximum Gasteiger partial charge on any atom is 0.410 e. The van der Waals surface area contributed by atoms with E-state index >= 15 is 0 Å². The van der Waals surface area contributed by atoms with Crippen LogP contribution in [0.4, 0.5) is 4.79 Å². The molecule has 1 aliphatic heterocycles. The molecule has 0 atom stereocenters. The highest BCUT2D eigenvalue weighted by Crippen LogP contribution is 2.37. The van der Waals surface area contributed by atoms with Crippen molar-refractivity contribution in [2.24, 2.45) is 0 Å². The van der Waals surface area contributed by atoms with Crippen molar-refractivity contribution in [1.29, 1.82) is 0 Å². The van der Waals surface area contributed by atoms with Crippen molar-refractivity contribution in [2.45, 2.75) is 19.6 Å². The van der Waals surface area contributed by atoms with Gasteiger partial charge < -0.3 is 9.64 Å². The van der Waals surface area contributed by atoms with E-state index in [1.165, 1.54) is 11.2 Å². The number of carbonyl (C=O) groups excluding carboxylic acids is 1. The first-order valence-corrected chi connectivity index (χ1v) is 8.78. The average molecular weight is 360 g/mol. The molecular weight excluding hydrogens is 346 g/mol. The molecule has 0 radical (unpaired) electrons. The lowest BCUT2D eigenvalue weighted by molar-refractivity contribution is 0.0923. The molecule has 5 nitrogen and oxygen atoms in total. The second-order valence-corrected chi connectivity index (χ2v) is 7.00. The van der Waals surface area contributed by atoms with E-state index in [2.05, 4.69) is 9.97 Å². The molecule has 1 aliphatic rings. The zero-order valence-corrected chi connectivity index (χ0v) is 14.3. The van der Waals surface area contributed by atoms with Crippen LogP contribution in [0.5, 0.6) is 0 Å². The normalized spacial score (nSPS) is 13.8. The summed E-state index contributed by atoms with van der Waals surface area (Å²) in [4.78, 5) is 24.5. The molecular formula is C17H14ClN3O2S. The monoisotopic (exact) mass is 359 g/mol. The van der Waals surface area contributed by atoms with Gasteiger partial charge in [0.05, 0.1) is 11.9 Å². The van der Waals surface area contributed by atoms with Gasteiger partial charge in [0.1, 0.15) is 22.9 Å². The number of ether oxygens (including phenoxy) is 1. The Labute approximate surface area is 147 Å². The molecule has 0 aliphatic carbocycles. The van der Waals surface area contributed by atoms with Crippen LogP contribution in [0.15, 0.2) is 36.7 Å². The molecule has 0 N–H and O–H groups in total. The van der Waals surface area contributed by atoms with E-state index in [9.17, 15) is 4.79 Å². The molecule has 122 valence electrons. The minimum absolute atomic E-state index is 0.275. The molecule has 3 aromatic rings. The SMILES string of the molecule is O=C(OCc1ccccc1)N1CCc2sc3ncnc(Cl)c3c2C1. The average Bonchev–Trinajstić information content (AvgIpc) is 2.99. The molecule has 2 aromatic heterocycles. The van der Waals surface area contributed by atoms with Gasteiger partial charge in [0, 0.05) is 11.4 Å². The molecule has 24 heavy (non-hydrogen) atoms. The highest BCUT2D eigenvalue weighted by atomic mass is 35.5. The molecule has 0 spiro atoms. The third-order valence-corrected chi connectivity index (χ3v) is 5.53. The number of benzene rings is 1. The van der Waals surface area contributed by atoms with Crippen LogP contribution < -0.4 is 0 Å². The Bertz CT molecular complexity index is 897. The predicted octanol–water partition coefficient (Wildman–Crippen LogP) is 4.04. The Balaban J connectivity index is 1.51. The largest absolute Gasteiger partial charge is 0.445 e. The van der Waals surface area contributed by atoms with Crippen molar-refractivity contribution < 1.29 is 9.53 Å². The smallest absolute Gasteiger partial charge is 0.410 e. The predicted molar refractivity (Wildman–Crippen MR) is 93.2 cm³/mol. The third kappa shape index (κ3) is 2.83. The molecule has 7 heteroatoms. The molecule has 0 fully saturated rings. The number of halogens is 1. The first-order valence-electron chi connectivity index (χ1n) is 7.59. The van der Waals surface area contributed by atoms with Gasteiger partial charge in [-0.05, 0) is 17.5 Å². The van der Waals surface area contributed by atoms with Crippen LogP contribution in [-0.2, 0) is 24.3 Å². The maximum atomic E-state index is 12.4. The Kier molecular flexibility index (Phi) is 4.08. The number of nitrogens with zero attached hydrogens (tertiary/aromatic N) is 3. The van der Waals surface area contributed by atoms with Crippen molar-refractivity contribution in [3.05, 3.63) is 57.8 Å². The zero-order valence-electron chi connectivity index (χ0n) is 12.7. The van der Waals surface area contributed by atoms with Crippen molar-refractivity contribution in [1.82, 2.24) is 14.9 Å². The first-order chi connectivity index (χ1) is 11.7. The number of thiophene rings is 1. The highest BCUT2D eigenvalue weighted by molar-refractivity contribution is 7.19. The van der Waals surface area contributed by atoms with E-state index in [-0.39, 0.29) is 12.7 Å². The van der Waals surface area contributed by atoms with E-state index < -0.39 is 0 Å². The molecule has 0 saturated carbocycles. The molecule has 0 unspecified atom stereocenters. The van der Waals surface area contributed by atoms with Crippen LogP contribution >= 0.6 is 22.9 Å². The minimum atomic E-state index is -0.308. The fraction of sp³-hybridized carbons (Fsp3) is 0.235.